The maximum atomic E-state index is 12.9. The first-order valence-corrected chi connectivity index (χ1v) is 7.59. The summed E-state index contributed by atoms with van der Waals surface area (Å²) in [6.45, 7) is 0.0221. The maximum absolute atomic E-state index is 12.9. The van der Waals surface area contributed by atoms with Crippen LogP contribution in [0.2, 0.25) is 0 Å². The van der Waals surface area contributed by atoms with Crippen molar-refractivity contribution >= 4 is 10.0 Å². The first-order chi connectivity index (χ1) is 9.72. The Morgan fingerprint density at radius 3 is 2.43 bits per heavy atom. The van der Waals surface area contributed by atoms with Gasteiger partial charge >= 0.3 is 6.18 Å². The van der Waals surface area contributed by atoms with Crippen LogP contribution in [0.4, 0.5) is 13.2 Å². The predicted octanol–water partition coefficient (Wildman–Crippen LogP) is 1.37. The Bertz CT molecular complexity index is 698. The molecule has 1 fully saturated rings. The lowest BCUT2D eigenvalue weighted by molar-refractivity contribution is -0.160. The van der Waals surface area contributed by atoms with Crippen LogP contribution in [0.3, 0.4) is 0 Å². The lowest BCUT2D eigenvalue weighted by Gasteiger charge is -2.21. The van der Waals surface area contributed by atoms with E-state index in [-0.39, 0.29) is 29.8 Å². The van der Waals surface area contributed by atoms with Crippen LogP contribution in [0.25, 0.3) is 0 Å². The minimum Gasteiger partial charge on any atom is -0.320 e. The summed E-state index contributed by atoms with van der Waals surface area (Å²) in [6, 6.07) is 5.62. The van der Waals surface area contributed by atoms with E-state index in [1.54, 1.807) is 10.8 Å². The first-order valence-electron chi connectivity index (χ1n) is 6.10. The zero-order chi connectivity index (χ0) is 15.7. The van der Waals surface area contributed by atoms with Gasteiger partial charge in [-0.3, -0.25) is 0 Å². The van der Waals surface area contributed by atoms with Crippen LogP contribution in [-0.4, -0.2) is 26.7 Å². The number of nitrogens with two attached hydrogens (primary N) is 1. The van der Waals surface area contributed by atoms with Gasteiger partial charge in [-0.2, -0.15) is 17.9 Å². The van der Waals surface area contributed by atoms with E-state index in [4.69, 9.17) is 5.73 Å². The van der Waals surface area contributed by atoms with Crippen molar-refractivity contribution in [2.24, 2.45) is 5.73 Å². The third-order valence-corrected chi connectivity index (χ3v) is 4.72. The smallest absolute Gasteiger partial charge is 0.320 e. The summed E-state index contributed by atoms with van der Waals surface area (Å²) in [5.74, 6) is 5.04. The summed E-state index contributed by atoms with van der Waals surface area (Å²) in [4.78, 5) is -0.276. The number of hydrogen-bond acceptors (Lipinski definition) is 3. The topological polar surface area (TPSA) is 72.2 Å². The highest BCUT2D eigenvalue weighted by Crippen LogP contribution is 2.49. The van der Waals surface area contributed by atoms with Gasteiger partial charge in [-0.25, -0.2) is 8.42 Å². The van der Waals surface area contributed by atoms with E-state index < -0.39 is 21.7 Å². The number of sulfonamides is 1. The van der Waals surface area contributed by atoms with E-state index in [2.05, 4.69) is 11.8 Å². The summed E-state index contributed by atoms with van der Waals surface area (Å²) < 4.78 is 64.8. The highest BCUT2D eigenvalue weighted by atomic mass is 32.2. The molecule has 21 heavy (non-hydrogen) atoms. The molecule has 1 aromatic rings. The van der Waals surface area contributed by atoms with Gasteiger partial charge < -0.3 is 5.73 Å². The van der Waals surface area contributed by atoms with Crippen LogP contribution in [-0.2, 0) is 10.0 Å². The Balaban J connectivity index is 2.38. The van der Waals surface area contributed by atoms with E-state index in [0.29, 0.717) is 0 Å². The second-order valence-electron chi connectivity index (χ2n) is 4.69. The molecule has 0 spiro atoms. The van der Waals surface area contributed by atoms with Gasteiger partial charge in [0, 0.05) is 5.56 Å². The van der Waals surface area contributed by atoms with E-state index in [0.717, 1.165) is 0 Å². The standard InChI is InChI=1S/C13H13F3N2O2S/c14-13(15,16)12(7-8-12)18-21(19,20)11-6-2-1-4-10(11)5-3-9-17/h1-2,4,6,18H,7-9,17H2. The molecule has 0 radical (unpaired) electrons. The Labute approximate surface area is 120 Å². The summed E-state index contributed by atoms with van der Waals surface area (Å²) in [5.41, 5.74) is 2.99. The van der Waals surface area contributed by atoms with Crippen molar-refractivity contribution in [2.75, 3.05) is 6.54 Å². The SMILES string of the molecule is NCC#Cc1ccccc1S(=O)(=O)NC1(C(F)(F)F)CC1. The van der Waals surface area contributed by atoms with Gasteiger partial charge in [0.05, 0.1) is 11.4 Å². The molecule has 1 aliphatic carbocycles. The van der Waals surface area contributed by atoms with Crippen LogP contribution in [0.1, 0.15) is 18.4 Å². The van der Waals surface area contributed by atoms with Crippen molar-refractivity contribution in [3.8, 4) is 11.8 Å². The largest absolute Gasteiger partial charge is 0.407 e. The normalized spacial score (nSPS) is 17.0. The molecule has 3 N–H and O–H groups in total. The van der Waals surface area contributed by atoms with E-state index >= 15 is 0 Å². The molecule has 1 aliphatic rings. The van der Waals surface area contributed by atoms with Crippen LogP contribution in [0.5, 0.6) is 0 Å². The van der Waals surface area contributed by atoms with E-state index in [9.17, 15) is 21.6 Å². The van der Waals surface area contributed by atoms with Crippen molar-refractivity contribution in [1.29, 1.82) is 0 Å². The maximum Gasteiger partial charge on any atom is 0.407 e. The predicted molar refractivity (Wildman–Crippen MR) is 70.7 cm³/mol. The summed E-state index contributed by atoms with van der Waals surface area (Å²) in [6.07, 6.45) is -5.13. The van der Waals surface area contributed by atoms with Crippen molar-refractivity contribution in [3.05, 3.63) is 29.8 Å². The molecular formula is C13H13F3N2O2S. The molecule has 1 aromatic carbocycles. The fourth-order valence-corrected chi connectivity index (χ4v) is 3.44. The average Bonchev–Trinajstić information content (AvgIpc) is 3.16. The van der Waals surface area contributed by atoms with Gasteiger partial charge in [-0.1, -0.05) is 24.0 Å². The molecule has 8 heteroatoms. The number of halogens is 3. The molecule has 0 amide bonds. The lowest BCUT2D eigenvalue weighted by atomic mass is 10.2. The van der Waals surface area contributed by atoms with Gasteiger partial charge in [0.15, 0.2) is 0 Å². The molecule has 4 nitrogen and oxygen atoms in total. The Kier molecular flexibility index (Phi) is 4.02. The molecule has 0 atom stereocenters. The van der Waals surface area contributed by atoms with Crippen LogP contribution in [0, 0.1) is 11.8 Å². The summed E-state index contributed by atoms with van der Waals surface area (Å²) >= 11 is 0. The third kappa shape index (κ3) is 3.20. The highest BCUT2D eigenvalue weighted by molar-refractivity contribution is 7.89. The van der Waals surface area contributed by atoms with Crippen molar-refractivity contribution in [1.82, 2.24) is 4.72 Å². The molecule has 0 heterocycles. The van der Waals surface area contributed by atoms with Gasteiger partial charge in [0.25, 0.3) is 0 Å². The second-order valence-corrected chi connectivity index (χ2v) is 6.34. The zero-order valence-electron chi connectivity index (χ0n) is 10.9. The number of hydrogen-bond donors (Lipinski definition) is 2. The number of benzene rings is 1. The fraction of sp³-hybridized carbons (Fsp3) is 0.385. The zero-order valence-corrected chi connectivity index (χ0v) is 11.7. The molecule has 0 saturated heterocycles. The average molecular weight is 318 g/mol. The van der Waals surface area contributed by atoms with Gasteiger partial charge in [-0.15, -0.1) is 0 Å². The molecule has 2 rings (SSSR count). The van der Waals surface area contributed by atoms with Gasteiger partial charge in [0.1, 0.15) is 5.54 Å². The van der Waals surface area contributed by atoms with Crippen LogP contribution >= 0.6 is 0 Å². The molecule has 0 unspecified atom stereocenters. The van der Waals surface area contributed by atoms with Crippen LogP contribution < -0.4 is 10.5 Å². The molecule has 0 aromatic heterocycles. The second kappa shape index (κ2) is 5.33. The number of alkyl halides is 3. The lowest BCUT2D eigenvalue weighted by Crippen LogP contribution is -2.47. The van der Waals surface area contributed by atoms with Gasteiger partial charge in [-0.05, 0) is 25.0 Å². The van der Waals surface area contributed by atoms with Crippen LogP contribution in [0.15, 0.2) is 29.2 Å². The van der Waals surface area contributed by atoms with E-state index in [1.165, 1.54) is 18.2 Å². The minimum absolute atomic E-state index is 0.0221. The highest BCUT2D eigenvalue weighted by Gasteiger charge is 2.65. The fourth-order valence-electron chi connectivity index (χ4n) is 1.83. The Hall–Kier alpha value is -1.56. The third-order valence-electron chi connectivity index (χ3n) is 3.12. The minimum atomic E-state index is -4.61. The molecule has 0 bridgehead atoms. The van der Waals surface area contributed by atoms with Crippen molar-refractivity contribution < 1.29 is 21.6 Å². The molecule has 114 valence electrons. The van der Waals surface area contributed by atoms with Gasteiger partial charge in [0.2, 0.25) is 10.0 Å². The molecular weight excluding hydrogens is 305 g/mol. The number of nitrogens with one attached hydrogen (secondary N) is 1. The summed E-state index contributed by atoms with van der Waals surface area (Å²) in [7, 11) is -4.31. The van der Waals surface area contributed by atoms with E-state index in [1.807, 2.05) is 0 Å². The summed E-state index contributed by atoms with van der Waals surface area (Å²) in [5, 5.41) is 0. The van der Waals surface area contributed by atoms with Crippen molar-refractivity contribution in [3.63, 3.8) is 0 Å². The Morgan fingerprint density at radius 1 is 1.29 bits per heavy atom. The molecule has 0 aliphatic heterocycles. The molecule has 1 saturated carbocycles. The van der Waals surface area contributed by atoms with Crippen molar-refractivity contribution in [2.45, 2.75) is 29.5 Å². The Morgan fingerprint density at radius 2 is 1.90 bits per heavy atom. The monoisotopic (exact) mass is 318 g/mol. The number of rotatable bonds is 3. The quantitative estimate of drug-likeness (QED) is 0.827. The first kappa shape index (κ1) is 15.8.